The predicted molar refractivity (Wildman–Crippen MR) is 47.0 cm³/mol. The van der Waals surface area contributed by atoms with Gasteiger partial charge >= 0.3 is 0 Å². The molecule has 0 aliphatic heterocycles. The normalized spacial score (nSPS) is 10.6. The second-order valence-corrected chi connectivity index (χ2v) is 3.24. The van der Waals surface area contributed by atoms with Crippen LogP contribution >= 0.6 is 22.9 Å². The highest BCUT2D eigenvalue weighted by Crippen LogP contribution is 2.19. The van der Waals surface area contributed by atoms with Gasteiger partial charge in [-0.05, 0) is 6.07 Å². The van der Waals surface area contributed by atoms with Gasteiger partial charge in [0.25, 0.3) is 0 Å². The summed E-state index contributed by atoms with van der Waals surface area (Å²) in [5, 5.41) is 0. The zero-order valence-electron chi connectivity index (χ0n) is 5.62. The fourth-order valence-corrected chi connectivity index (χ4v) is 1.83. The van der Waals surface area contributed by atoms with Crippen molar-refractivity contribution in [2.75, 3.05) is 0 Å². The van der Waals surface area contributed by atoms with Crippen molar-refractivity contribution in [3.8, 4) is 0 Å². The third-order valence-electron chi connectivity index (χ3n) is 1.45. The van der Waals surface area contributed by atoms with Crippen LogP contribution in [0.4, 0.5) is 0 Å². The first kappa shape index (κ1) is 7.00. The first-order valence-corrected chi connectivity index (χ1v) is 4.56. The van der Waals surface area contributed by atoms with E-state index in [0.29, 0.717) is 5.88 Å². The number of alkyl halides is 1. The highest BCUT2D eigenvalue weighted by molar-refractivity contribution is 7.16. The van der Waals surface area contributed by atoms with Crippen LogP contribution in [0, 0.1) is 0 Å². The standard InChI is InChI=1S/C7H5ClN2S/c8-3-5-7-6(1-2-9-5)11-4-10-7/h1-2,4H,3H2. The molecule has 0 amide bonds. The Morgan fingerprint density at radius 2 is 2.36 bits per heavy atom. The number of halogens is 1. The fraction of sp³-hybridized carbons (Fsp3) is 0.143. The molecule has 0 N–H and O–H groups in total. The SMILES string of the molecule is ClCc1nccc2scnc12. The maximum absolute atomic E-state index is 5.66. The van der Waals surface area contributed by atoms with Gasteiger partial charge in [-0.3, -0.25) is 4.98 Å². The van der Waals surface area contributed by atoms with Gasteiger partial charge in [0.05, 0.1) is 21.8 Å². The highest BCUT2D eigenvalue weighted by atomic mass is 35.5. The molecule has 0 unspecified atom stereocenters. The lowest BCUT2D eigenvalue weighted by Crippen LogP contribution is -1.84. The smallest absolute Gasteiger partial charge is 0.104 e. The van der Waals surface area contributed by atoms with Crippen LogP contribution in [0.15, 0.2) is 17.8 Å². The maximum atomic E-state index is 5.66. The molecule has 2 aromatic rings. The summed E-state index contributed by atoms with van der Waals surface area (Å²) in [6.07, 6.45) is 1.76. The third-order valence-corrected chi connectivity index (χ3v) is 2.50. The van der Waals surface area contributed by atoms with Crippen LogP contribution in [0.3, 0.4) is 0 Å². The number of hydrogen-bond acceptors (Lipinski definition) is 3. The van der Waals surface area contributed by atoms with Crippen molar-refractivity contribution >= 4 is 33.2 Å². The molecule has 0 aliphatic carbocycles. The van der Waals surface area contributed by atoms with Crippen molar-refractivity contribution in [3.63, 3.8) is 0 Å². The lowest BCUT2D eigenvalue weighted by Gasteiger charge is -1.92. The number of fused-ring (bicyclic) bond motifs is 1. The number of nitrogens with zero attached hydrogens (tertiary/aromatic N) is 2. The van der Waals surface area contributed by atoms with Gasteiger partial charge in [-0.25, -0.2) is 4.98 Å². The van der Waals surface area contributed by atoms with E-state index in [1.54, 1.807) is 17.5 Å². The number of aromatic nitrogens is 2. The molecule has 0 saturated heterocycles. The average molecular weight is 185 g/mol. The van der Waals surface area contributed by atoms with Crippen molar-refractivity contribution in [2.24, 2.45) is 0 Å². The minimum Gasteiger partial charge on any atom is -0.258 e. The lowest BCUT2D eigenvalue weighted by molar-refractivity contribution is 1.19. The molecule has 0 saturated carbocycles. The highest BCUT2D eigenvalue weighted by Gasteiger charge is 2.01. The Bertz CT molecular complexity index is 371. The summed E-state index contributed by atoms with van der Waals surface area (Å²) >= 11 is 7.27. The van der Waals surface area contributed by atoms with Gasteiger partial charge < -0.3 is 0 Å². The van der Waals surface area contributed by atoms with E-state index in [1.807, 2.05) is 11.6 Å². The van der Waals surface area contributed by atoms with Crippen molar-refractivity contribution in [1.29, 1.82) is 0 Å². The molecule has 0 aliphatic rings. The Labute approximate surface area is 72.9 Å². The monoisotopic (exact) mass is 184 g/mol. The molecule has 4 heteroatoms. The maximum Gasteiger partial charge on any atom is 0.104 e. The van der Waals surface area contributed by atoms with E-state index in [0.717, 1.165) is 15.9 Å². The van der Waals surface area contributed by atoms with E-state index in [2.05, 4.69) is 9.97 Å². The number of hydrogen-bond donors (Lipinski definition) is 0. The van der Waals surface area contributed by atoms with Crippen molar-refractivity contribution < 1.29 is 0 Å². The molecule has 2 aromatic heterocycles. The first-order valence-electron chi connectivity index (χ1n) is 3.15. The van der Waals surface area contributed by atoms with E-state index in [-0.39, 0.29) is 0 Å². The molecule has 2 nitrogen and oxygen atoms in total. The van der Waals surface area contributed by atoms with Crippen LogP contribution in [-0.4, -0.2) is 9.97 Å². The van der Waals surface area contributed by atoms with Crippen LogP contribution in [0.2, 0.25) is 0 Å². The Hall–Kier alpha value is -0.670. The number of pyridine rings is 1. The summed E-state index contributed by atoms with van der Waals surface area (Å²) in [5.41, 5.74) is 3.61. The van der Waals surface area contributed by atoms with Gasteiger partial charge in [0, 0.05) is 6.20 Å². The largest absolute Gasteiger partial charge is 0.258 e. The molecule has 0 bridgehead atoms. The summed E-state index contributed by atoms with van der Waals surface area (Å²) < 4.78 is 1.15. The van der Waals surface area contributed by atoms with Crippen molar-refractivity contribution in [3.05, 3.63) is 23.5 Å². The van der Waals surface area contributed by atoms with E-state index in [4.69, 9.17) is 11.6 Å². The van der Waals surface area contributed by atoms with Gasteiger partial charge in [-0.2, -0.15) is 0 Å². The van der Waals surface area contributed by atoms with Gasteiger partial charge in [0.1, 0.15) is 5.52 Å². The second-order valence-electron chi connectivity index (χ2n) is 2.09. The average Bonchev–Trinajstić information content (AvgIpc) is 2.50. The van der Waals surface area contributed by atoms with Crippen LogP contribution in [-0.2, 0) is 5.88 Å². The van der Waals surface area contributed by atoms with E-state index in [1.165, 1.54) is 0 Å². The van der Waals surface area contributed by atoms with E-state index >= 15 is 0 Å². The van der Waals surface area contributed by atoms with Crippen molar-refractivity contribution in [1.82, 2.24) is 9.97 Å². The quantitative estimate of drug-likeness (QED) is 0.637. The van der Waals surface area contributed by atoms with E-state index < -0.39 is 0 Å². The summed E-state index contributed by atoms with van der Waals surface area (Å²) in [6, 6.07) is 1.95. The summed E-state index contributed by atoms with van der Waals surface area (Å²) in [4.78, 5) is 8.27. The molecule has 0 fully saturated rings. The van der Waals surface area contributed by atoms with E-state index in [9.17, 15) is 0 Å². The Morgan fingerprint density at radius 1 is 1.45 bits per heavy atom. The minimum absolute atomic E-state index is 0.432. The topological polar surface area (TPSA) is 25.8 Å². The second kappa shape index (κ2) is 2.75. The molecule has 2 rings (SSSR count). The predicted octanol–water partition coefficient (Wildman–Crippen LogP) is 2.43. The Balaban J connectivity index is 2.79. The van der Waals surface area contributed by atoms with Crippen LogP contribution in [0.5, 0.6) is 0 Å². The molecule has 0 spiro atoms. The number of thiazole rings is 1. The Morgan fingerprint density at radius 3 is 3.18 bits per heavy atom. The number of rotatable bonds is 1. The molecule has 11 heavy (non-hydrogen) atoms. The molecule has 0 atom stereocenters. The third kappa shape index (κ3) is 1.10. The summed E-state index contributed by atoms with van der Waals surface area (Å²) in [7, 11) is 0. The van der Waals surface area contributed by atoms with Crippen LogP contribution in [0.1, 0.15) is 5.69 Å². The van der Waals surface area contributed by atoms with Crippen molar-refractivity contribution in [2.45, 2.75) is 5.88 Å². The van der Waals surface area contributed by atoms with Gasteiger partial charge in [-0.15, -0.1) is 22.9 Å². The molecular weight excluding hydrogens is 180 g/mol. The van der Waals surface area contributed by atoms with Crippen LogP contribution in [0.25, 0.3) is 10.2 Å². The minimum atomic E-state index is 0.432. The van der Waals surface area contributed by atoms with Gasteiger partial charge in [-0.1, -0.05) is 0 Å². The molecule has 56 valence electrons. The van der Waals surface area contributed by atoms with Gasteiger partial charge in [0.2, 0.25) is 0 Å². The zero-order valence-corrected chi connectivity index (χ0v) is 7.19. The first-order chi connectivity index (χ1) is 5.42. The Kier molecular flexibility index (Phi) is 1.75. The lowest BCUT2D eigenvalue weighted by atomic mass is 10.3. The zero-order chi connectivity index (χ0) is 7.68. The molecule has 2 heterocycles. The van der Waals surface area contributed by atoms with Crippen LogP contribution < -0.4 is 0 Å². The van der Waals surface area contributed by atoms with Gasteiger partial charge in [0.15, 0.2) is 0 Å². The molecule has 0 aromatic carbocycles. The summed E-state index contributed by atoms with van der Waals surface area (Å²) in [6.45, 7) is 0. The molecule has 0 radical (unpaired) electrons. The fourth-order valence-electron chi connectivity index (χ4n) is 0.944. The summed E-state index contributed by atoms with van der Waals surface area (Å²) in [5.74, 6) is 0.432. The molecular formula is C7H5ClN2S.